The van der Waals surface area contributed by atoms with Crippen LogP contribution in [0.1, 0.15) is 5.56 Å². The van der Waals surface area contributed by atoms with Gasteiger partial charge in [0.15, 0.2) is 5.16 Å². The molecule has 0 fully saturated rings. The van der Waals surface area contributed by atoms with Crippen molar-refractivity contribution in [1.29, 1.82) is 0 Å². The Bertz CT molecular complexity index is 1210. The van der Waals surface area contributed by atoms with Crippen LogP contribution in [0.2, 0.25) is 0 Å². The molecule has 0 atom stereocenters. The second-order valence-electron chi connectivity index (χ2n) is 6.32. The first-order valence-electron chi connectivity index (χ1n) is 8.62. The molecule has 4 rings (SSSR count). The Labute approximate surface area is 169 Å². The van der Waals surface area contributed by atoms with Crippen LogP contribution < -0.4 is 11.3 Å². The first kappa shape index (κ1) is 18.5. The van der Waals surface area contributed by atoms with E-state index in [-0.39, 0.29) is 11.3 Å². The van der Waals surface area contributed by atoms with E-state index >= 15 is 0 Å². The third-order valence-electron chi connectivity index (χ3n) is 4.30. The van der Waals surface area contributed by atoms with Crippen LogP contribution in [0.15, 0.2) is 69.9 Å². The van der Waals surface area contributed by atoms with E-state index in [1.807, 2.05) is 66.9 Å². The number of nitrogens with zero attached hydrogens (tertiary/aromatic N) is 2. The molecule has 2 aromatic heterocycles. The first-order chi connectivity index (χ1) is 13.5. The number of nitrogens with two attached hydrogens (primary N) is 1. The number of rotatable bonds is 5. The summed E-state index contributed by atoms with van der Waals surface area (Å²) >= 11 is 2.60. The Morgan fingerprint density at radius 3 is 2.54 bits per heavy atom. The van der Waals surface area contributed by atoms with Gasteiger partial charge in [0.25, 0.3) is 5.56 Å². The minimum atomic E-state index is -0.453. The Morgan fingerprint density at radius 1 is 1.14 bits per heavy atom. The molecule has 140 valence electrons. The molecular formula is C21H17N3O2S2. The number of amides is 1. The summed E-state index contributed by atoms with van der Waals surface area (Å²) in [5, 5.41) is 3.00. The number of thioether (sulfide) groups is 1. The van der Waals surface area contributed by atoms with Crippen molar-refractivity contribution in [2.45, 2.75) is 12.1 Å². The summed E-state index contributed by atoms with van der Waals surface area (Å²) in [7, 11) is 0. The number of aromatic nitrogens is 2. The number of fused-ring (bicyclic) bond motifs is 1. The van der Waals surface area contributed by atoms with Crippen molar-refractivity contribution < 1.29 is 4.79 Å². The average Bonchev–Trinajstić information content (AvgIpc) is 3.12. The van der Waals surface area contributed by atoms with Crippen LogP contribution in [0.3, 0.4) is 0 Å². The van der Waals surface area contributed by atoms with Gasteiger partial charge < -0.3 is 5.73 Å². The number of carbonyl (C=O) groups is 1. The van der Waals surface area contributed by atoms with Crippen molar-refractivity contribution in [3.63, 3.8) is 0 Å². The maximum atomic E-state index is 13.5. The topological polar surface area (TPSA) is 78.0 Å². The van der Waals surface area contributed by atoms with Crippen molar-refractivity contribution in [2.75, 3.05) is 5.75 Å². The summed E-state index contributed by atoms with van der Waals surface area (Å²) in [6.07, 6.45) is 0. The summed E-state index contributed by atoms with van der Waals surface area (Å²) in [5.74, 6) is -0.397. The molecule has 0 spiro atoms. The third kappa shape index (κ3) is 3.46. The fourth-order valence-electron chi connectivity index (χ4n) is 2.96. The van der Waals surface area contributed by atoms with Crippen LogP contribution in [0.4, 0.5) is 0 Å². The van der Waals surface area contributed by atoms with Crippen molar-refractivity contribution >= 4 is 39.2 Å². The van der Waals surface area contributed by atoms with Crippen LogP contribution in [-0.2, 0) is 4.79 Å². The second-order valence-corrected chi connectivity index (χ2v) is 8.12. The van der Waals surface area contributed by atoms with Gasteiger partial charge in [-0.15, -0.1) is 11.3 Å². The van der Waals surface area contributed by atoms with E-state index in [0.717, 1.165) is 16.7 Å². The minimum absolute atomic E-state index is 0.0565. The van der Waals surface area contributed by atoms with Gasteiger partial charge in [-0.25, -0.2) is 4.98 Å². The van der Waals surface area contributed by atoms with Gasteiger partial charge in [-0.1, -0.05) is 59.8 Å². The summed E-state index contributed by atoms with van der Waals surface area (Å²) in [5.41, 5.74) is 8.86. The highest BCUT2D eigenvalue weighted by Crippen LogP contribution is 2.33. The summed E-state index contributed by atoms with van der Waals surface area (Å²) in [4.78, 5) is 30.1. The predicted octanol–water partition coefficient (Wildman–Crippen LogP) is 4.00. The van der Waals surface area contributed by atoms with E-state index < -0.39 is 5.91 Å². The zero-order valence-electron chi connectivity index (χ0n) is 15.1. The first-order valence-corrected chi connectivity index (χ1v) is 10.5. The van der Waals surface area contributed by atoms with Gasteiger partial charge in [0.1, 0.15) is 4.83 Å². The molecule has 2 aromatic carbocycles. The van der Waals surface area contributed by atoms with Gasteiger partial charge >= 0.3 is 0 Å². The second kappa shape index (κ2) is 7.61. The molecule has 0 aliphatic carbocycles. The Morgan fingerprint density at radius 2 is 1.86 bits per heavy atom. The number of carbonyl (C=O) groups excluding carboxylic acids is 1. The van der Waals surface area contributed by atoms with Gasteiger partial charge in [0, 0.05) is 10.9 Å². The van der Waals surface area contributed by atoms with Gasteiger partial charge in [-0.3, -0.25) is 14.2 Å². The number of para-hydroxylation sites is 1. The molecule has 0 aliphatic rings. The fraction of sp³-hybridized carbons (Fsp3) is 0.0952. The fourth-order valence-corrected chi connectivity index (χ4v) is 4.70. The summed E-state index contributed by atoms with van der Waals surface area (Å²) < 4.78 is 1.56. The van der Waals surface area contributed by atoms with E-state index in [9.17, 15) is 9.59 Å². The van der Waals surface area contributed by atoms with E-state index in [2.05, 4.69) is 4.98 Å². The molecule has 28 heavy (non-hydrogen) atoms. The van der Waals surface area contributed by atoms with Crippen molar-refractivity contribution in [3.8, 4) is 16.8 Å². The lowest BCUT2D eigenvalue weighted by molar-refractivity contribution is -0.115. The minimum Gasteiger partial charge on any atom is -0.369 e. The van der Waals surface area contributed by atoms with E-state index in [0.29, 0.717) is 21.1 Å². The molecule has 0 bridgehead atoms. The van der Waals surface area contributed by atoms with Crippen molar-refractivity contribution in [3.05, 3.63) is 75.9 Å². The third-order valence-corrected chi connectivity index (χ3v) is 6.13. The molecule has 0 radical (unpaired) electrons. The van der Waals surface area contributed by atoms with Gasteiger partial charge in [-0.05, 0) is 24.6 Å². The molecule has 5 nitrogen and oxygen atoms in total. The monoisotopic (exact) mass is 407 g/mol. The molecule has 4 aromatic rings. The zero-order valence-corrected chi connectivity index (χ0v) is 16.7. The summed E-state index contributed by atoms with van der Waals surface area (Å²) in [6.45, 7) is 2.03. The Hall–Kier alpha value is -2.90. The van der Waals surface area contributed by atoms with E-state index in [4.69, 9.17) is 5.73 Å². The van der Waals surface area contributed by atoms with Gasteiger partial charge in [-0.2, -0.15) is 0 Å². The highest BCUT2D eigenvalue weighted by atomic mass is 32.2. The lowest BCUT2D eigenvalue weighted by Gasteiger charge is -2.12. The van der Waals surface area contributed by atoms with Crippen LogP contribution in [-0.4, -0.2) is 21.2 Å². The highest BCUT2D eigenvalue weighted by molar-refractivity contribution is 7.99. The van der Waals surface area contributed by atoms with Crippen molar-refractivity contribution in [2.24, 2.45) is 5.73 Å². The average molecular weight is 408 g/mol. The molecule has 2 heterocycles. The number of aryl methyl sites for hydroxylation is 1. The lowest BCUT2D eigenvalue weighted by atomic mass is 10.1. The van der Waals surface area contributed by atoms with Crippen LogP contribution >= 0.6 is 23.1 Å². The molecule has 0 saturated heterocycles. The highest BCUT2D eigenvalue weighted by Gasteiger charge is 2.18. The predicted molar refractivity (Wildman–Crippen MR) is 115 cm³/mol. The number of thiophene rings is 1. The maximum Gasteiger partial charge on any atom is 0.268 e. The molecule has 2 N–H and O–H groups in total. The SMILES string of the molecule is Cc1ccc(-c2csc3nc(SCC(N)=O)n(-c4ccccc4)c(=O)c23)cc1. The normalized spacial score (nSPS) is 11.0. The van der Waals surface area contributed by atoms with E-state index in [1.54, 1.807) is 4.57 Å². The number of benzene rings is 2. The number of primary amides is 1. The zero-order chi connectivity index (χ0) is 19.7. The number of hydrogen-bond donors (Lipinski definition) is 1. The van der Waals surface area contributed by atoms with Crippen LogP contribution in [0.25, 0.3) is 27.0 Å². The van der Waals surface area contributed by atoms with Gasteiger partial charge in [0.05, 0.1) is 16.8 Å². The maximum absolute atomic E-state index is 13.5. The van der Waals surface area contributed by atoms with Crippen LogP contribution in [0, 0.1) is 6.92 Å². The molecule has 0 aliphatic heterocycles. The molecule has 0 unspecified atom stereocenters. The molecule has 7 heteroatoms. The van der Waals surface area contributed by atoms with Crippen LogP contribution in [0.5, 0.6) is 0 Å². The van der Waals surface area contributed by atoms with E-state index in [1.165, 1.54) is 23.1 Å². The quantitative estimate of drug-likeness (QED) is 0.401. The van der Waals surface area contributed by atoms with Gasteiger partial charge in [0.2, 0.25) is 5.91 Å². The molecule has 1 amide bonds. The largest absolute Gasteiger partial charge is 0.369 e. The standard InChI is InChI=1S/C21H17N3O2S2/c1-13-7-9-14(10-8-13)16-11-27-19-18(16)20(26)24(15-5-3-2-4-6-15)21(23-19)28-12-17(22)25/h2-11H,12H2,1H3,(H2,22,25). The number of hydrogen-bond acceptors (Lipinski definition) is 5. The lowest BCUT2D eigenvalue weighted by Crippen LogP contribution is -2.22. The molecular weight excluding hydrogens is 390 g/mol. The van der Waals surface area contributed by atoms with Crippen molar-refractivity contribution in [1.82, 2.24) is 9.55 Å². The smallest absolute Gasteiger partial charge is 0.268 e. The Balaban J connectivity index is 1.97. The summed E-state index contributed by atoms with van der Waals surface area (Å²) in [6, 6.07) is 17.4. The Kier molecular flexibility index (Phi) is 5.02. The molecule has 0 saturated carbocycles.